The van der Waals surface area contributed by atoms with Crippen LogP contribution in [0.25, 0.3) is 0 Å². The van der Waals surface area contributed by atoms with Gasteiger partial charge >= 0.3 is 0 Å². The van der Waals surface area contributed by atoms with E-state index in [0.29, 0.717) is 11.5 Å². The molecule has 0 bridgehead atoms. The van der Waals surface area contributed by atoms with Gasteiger partial charge in [0.2, 0.25) is 0 Å². The minimum Gasteiger partial charge on any atom is -0.508 e. The molecule has 2 N–H and O–H groups in total. The summed E-state index contributed by atoms with van der Waals surface area (Å²) >= 11 is 0. The number of ether oxygens (including phenoxy) is 1. The van der Waals surface area contributed by atoms with Crippen molar-refractivity contribution in [1.29, 1.82) is 0 Å². The summed E-state index contributed by atoms with van der Waals surface area (Å²) in [5.41, 5.74) is 1.89. The lowest BCUT2D eigenvalue weighted by Gasteiger charge is -2.09. The number of aromatic hydroxyl groups is 2. The molecule has 0 saturated heterocycles. The van der Waals surface area contributed by atoms with Crippen LogP contribution in [0.4, 0.5) is 0 Å². The molecule has 3 nitrogen and oxygen atoms in total. The average molecular weight is 230 g/mol. The molecular weight excluding hydrogens is 216 g/mol. The van der Waals surface area contributed by atoms with Gasteiger partial charge in [-0.25, -0.2) is 0 Å². The number of aryl methyl sites for hydroxylation is 2. The first-order valence-corrected chi connectivity index (χ1v) is 5.33. The molecule has 2 aromatic rings. The van der Waals surface area contributed by atoms with E-state index in [1.807, 2.05) is 13.8 Å². The predicted octanol–water partition coefficient (Wildman–Crippen LogP) is 3.51. The monoisotopic (exact) mass is 230 g/mol. The van der Waals surface area contributed by atoms with E-state index in [0.717, 1.165) is 11.1 Å². The van der Waals surface area contributed by atoms with Crippen molar-refractivity contribution in [2.45, 2.75) is 13.8 Å². The van der Waals surface area contributed by atoms with Crippen LogP contribution in [-0.4, -0.2) is 10.2 Å². The third-order valence-corrected chi connectivity index (χ3v) is 2.38. The maximum absolute atomic E-state index is 9.65. The quantitative estimate of drug-likeness (QED) is 0.830. The van der Waals surface area contributed by atoms with Gasteiger partial charge in [-0.05, 0) is 49.2 Å². The van der Waals surface area contributed by atoms with Crippen LogP contribution in [0.5, 0.6) is 23.0 Å². The number of phenolic OH excluding ortho intramolecular Hbond substituents is 2. The van der Waals surface area contributed by atoms with Crippen LogP contribution in [0.15, 0.2) is 36.4 Å². The fourth-order valence-electron chi connectivity index (χ4n) is 1.62. The molecule has 2 rings (SSSR count). The fourth-order valence-corrected chi connectivity index (χ4v) is 1.62. The molecule has 3 heteroatoms. The maximum Gasteiger partial charge on any atom is 0.169 e. The Morgan fingerprint density at radius 1 is 0.882 bits per heavy atom. The molecule has 17 heavy (non-hydrogen) atoms. The summed E-state index contributed by atoms with van der Waals surface area (Å²) in [5.74, 6) is 1.11. The molecule has 0 unspecified atom stereocenters. The Hall–Kier alpha value is -2.16. The van der Waals surface area contributed by atoms with Crippen molar-refractivity contribution in [2.24, 2.45) is 0 Å². The number of hydrogen-bond acceptors (Lipinski definition) is 3. The largest absolute Gasteiger partial charge is 0.508 e. The molecule has 0 aliphatic carbocycles. The molecule has 0 aliphatic heterocycles. The van der Waals surface area contributed by atoms with Crippen molar-refractivity contribution >= 4 is 0 Å². The van der Waals surface area contributed by atoms with Gasteiger partial charge < -0.3 is 14.9 Å². The molecule has 0 atom stereocenters. The lowest BCUT2D eigenvalue weighted by atomic mass is 10.2. The van der Waals surface area contributed by atoms with Gasteiger partial charge in [0.05, 0.1) is 0 Å². The van der Waals surface area contributed by atoms with Crippen LogP contribution in [0.1, 0.15) is 11.1 Å². The first-order chi connectivity index (χ1) is 8.04. The van der Waals surface area contributed by atoms with Gasteiger partial charge in [0.15, 0.2) is 11.5 Å². The summed E-state index contributed by atoms with van der Waals surface area (Å²) < 4.78 is 5.54. The Bertz CT molecular complexity index is 527. The highest BCUT2D eigenvalue weighted by Crippen LogP contribution is 2.33. The van der Waals surface area contributed by atoms with Gasteiger partial charge in [-0.2, -0.15) is 0 Å². The van der Waals surface area contributed by atoms with Crippen molar-refractivity contribution < 1.29 is 14.9 Å². The van der Waals surface area contributed by atoms with Crippen LogP contribution >= 0.6 is 0 Å². The summed E-state index contributed by atoms with van der Waals surface area (Å²) in [6, 6.07) is 10.1. The molecule has 2 aromatic carbocycles. The molecule has 88 valence electrons. The lowest BCUT2D eigenvalue weighted by Crippen LogP contribution is -1.86. The first kappa shape index (κ1) is 11.3. The van der Waals surface area contributed by atoms with E-state index < -0.39 is 0 Å². The topological polar surface area (TPSA) is 49.7 Å². The smallest absolute Gasteiger partial charge is 0.169 e. The lowest BCUT2D eigenvalue weighted by molar-refractivity contribution is 0.407. The van der Waals surface area contributed by atoms with Crippen LogP contribution in [0.2, 0.25) is 0 Å². The molecule has 0 amide bonds. The van der Waals surface area contributed by atoms with Gasteiger partial charge in [0, 0.05) is 6.07 Å². The van der Waals surface area contributed by atoms with E-state index in [1.165, 1.54) is 6.07 Å². The van der Waals surface area contributed by atoms with Crippen molar-refractivity contribution in [3.05, 3.63) is 47.5 Å². The Morgan fingerprint density at radius 3 is 2.35 bits per heavy atom. The average Bonchev–Trinajstić information content (AvgIpc) is 2.22. The van der Waals surface area contributed by atoms with Crippen molar-refractivity contribution in [3.8, 4) is 23.0 Å². The van der Waals surface area contributed by atoms with Crippen LogP contribution in [0.3, 0.4) is 0 Å². The summed E-state index contributed by atoms with van der Waals surface area (Å²) in [7, 11) is 0. The zero-order valence-corrected chi connectivity index (χ0v) is 9.77. The molecule has 0 fully saturated rings. The molecule has 0 radical (unpaired) electrons. The van der Waals surface area contributed by atoms with Crippen molar-refractivity contribution in [1.82, 2.24) is 0 Å². The zero-order valence-electron chi connectivity index (χ0n) is 9.77. The second kappa shape index (κ2) is 4.37. The van der Waals surface area contributed by atoms with E-state index in [-0.39, 0.29) is 11.5 Å². The maximum atomic E-state index is 9.65. The van der Waals surface area contributed by atoms with Crippen LogP contribution in [-0.2, 0) is 0 Å². The molecule has 0 spiro atoms. The highest BCUT2D eigenvalue weighted by Gasteiger charge is 2.05. The minimum absolute atomic E-state index is 0.0802. The van der Waals surface area contributed by atoms with E-state index >= 15 is 0 Å². The number of benzene rings is 2. The van der Waals surface area contributed by atoms with Gasteiger partial charge in [0.1, 0.15) is 11.5 Å². The van der Waals surface area contributed by atoms with E-state index in [9.17, 15) is 10.2 Å². The summed E-state index contributed by atoms with van der Waals surface area (Å²) in [4.78, 5) is 0. The highest BCUT2D eigenvalue weighted by atomic mass is 16.5. The van der Waals surface area contributed by atoms with Crippen LogP contribution < -0.4 is 4.74 Å². The van der Waals surface area contributed by atoms with Crippen molar-refractivity contribution in [3.63, 3.8) is 0 Å². The number of rotatable bonds is 2. The van der Waals surface area contributed by atoms with Crippen LogP contribution in [0, 0.1) is 13.8 Å². The van der Waals surface area contributed by atoms with Gasteiger partial charge in [-0.1, -0.05) is 6.07 Å². The third kappa shape index (κ3) is 2.69. The Balaban J connectivity index is 2.34. The summed E-state index contributed by atoms with van der Waals surface area (Å²) in [5, 5.41) is 19.1. The predicted molar refractivity (Wildman–Crippen MR) is 65.8 cm³/mol. The fraction of sp³-hybridized carbons (Fsp3) is 0.143. The zero-order chi connectivity index (χ0) is 12.4. The first-order valence-electron chi connectivity index (χ1n) is 5.33. The molecule has 0 saturated carbocycles. The third-order valence-electron chi connectivity index (χ3n) is 2.38. The Labute approximate surface area is 99.9 Å². The SMILES string of the molecule is Cc1cc(O)cc(Oc2cc(C)ccc2O)c1. The van der Waals surface area contributed by atoms with E-state index in [4.69, 9.17) is 4.74 Å². The standard InChI is InChI=1S/C14H14O3/c1-9-3-4-13(16)14(7-9)17-12-6-10(2)5-11(15)8-12/h3-8,15-16H,1-2H3. The Kier molecular flexibility index (Phi) is 2.91. The molecule has 0 aromatic heterocycles. The normalized spacial score (nSPS) is 10.2. The second-order valence-corrected chi connectivity index (χ2v) is 4.08. The van der Waals surface area contributed by atoms with Gasteiger partial charge in [-0.3, -0.25) is 0 Å². The molecule has 0 aliphatic rings. The van der Waals surface area contributed by atoms with E-state index in [1.54, 1.807) is 30.3 Å². The molecular formula is C14H14O3. The highest BCUT2D eigenvalue weighted by molar-refractivity contribution is 5.46. The van der Waals surface area contributed by atoms with E-state index in [2.05, 4.69) is 0 Å². The number of hydrogen-bond donors (Lipinski definition) is 2. The number of phenols is 2. The Morgan fingerprint density at radius 2 is 1.65 bits per heavy atom. The summed E-state index contributed by atoms with van der Waals surface area (Å²) in [6.45, 7) is 3.78. The second-order valence-electron chi connectivity index (χ2n) is 4.08. The van der Waals surface area contributed by atoms with Crippen molar-refractivity contribution in [2.75, 3.05) is 0 Å². The summed E-state index contributed by atoms with van der Waals surface area (Å²) in [6.07, 6.45) is 0. The minimum atomic E-state index is 0.0802. The van der Waals surface area contributed by atoms with Gasteiger partial charge in [0.25, 0.3) is 0 Å². The molecule has 0 heterocycles. The van der Waals surface area contributed by atoms with Gasteiger partial charge in [-0.15, -0.1) is 0 Å².